The van der Waals surface area contributed by atoms with Gasteiger partial charge in [0, 0.05) is 43.4 Å². The van der Waals surface area contributed by atoms with Gasteiger partial charge < -0.3 is 15.0 Å². The Kier molecular flexibility index (Phi) is 5.22. The second-order valence-corrected chi connectivity index (χ2v) is 9.84. The molecular weight excluding hydrogens is 461 g/mol. The molecule has 184 valence electrons. The van der Waals surface area contributed by atoms with E-state index in [1.807, 2.05) is 4.90 Å². The quantitative estimate of drug-likeness (QED) is 0.577. The van der Waals surface area contributed by atoms with E-state index in [0.717, 1.165) is 45.5 Å². The summed E-state index contributed by atoms with van der Waals surface area (Å²) < 4.78 is 47.6. The van der Waals surface area contributed by atoms with Crippen molar-refractivity contribution in [2.24, 2.45) is 5.41 Å². The van der Waals surface area contributed by atoms with Crippen LogP contribution in [0, 0.1) is 11.2 Å². The third-order valence-corrected chi connectivity index (χ3v) is 7.32. The van der Waals surface area contributed by atoms with Crippen LogP contribution in [0.1, 0.15) is 40.9 Å². The number of carbonyl (C=O) groups excluding carboxylic acids is 1. The fourth-order valence-corrected chi connectivity index (χ4v) is 5.31. The van der Waals surface area contributed by atoms with E-state index < -0.39 is 23.8 Å². The summed E-state index contributed by atoms with van der Waals surface area (Å²) in [5, 5.41) is 7.27. The molecule has 0 radical (unpaired) electrons. The Morgan fingerprint density at radius 3 is 2.63 bits per heavy atom. The number of hydrogen-bond donors (Lipinski definition) is 1. The lowest BCUT2D eigenvalue weighted by molar-refractivity contribution is -0.166. The zero-order valence-corrected chi connectivity index (χ0v) is 19.1. The zero-order chi connectivity index (χ0) is 24.3. The van der Waals surface area contributed by atoms with Crippen LogP contribution < -0.4 is 5.32 Å². The fourth-order valence-electron chi connectivity index (χ4n) is 5.31. The van der Waals surface area contributed by atoms with Gasteiger partial charge in [-0.15, -0.1) is 0 Å². The third kappa shape index (κ3) is 3.73. The smallest absolute Gasteiger partial charge is 0.266 e. The van der Waals surface area contributed by atoms with E-state index >= 15 is 0 Å². The molecule has 2 aromatic heterocycles. The molecule has 1 N–H and O–H groups in total. The highest BCUT2D eigenvalue weighted by molar-refractivity contribution is 5.97. The number of benzene rings is 1. The molecule has 1 atom stereocenters. The van der Waals surface area contributed by atoms with E-state index in [1.165, 1.54) is 18.5 Å². The molecule has 3 aliphatic heterocycles. The molecule has 5 heterocycles. The highest BCUT2D eigenvalue weighted by atomic mass is 19.3. The lowest BCUT2D eigenvalue weighted by Crippen LogP contribution is -2.75. The van der Waals surface area contributed by atoms with E-state index in [1.54, 1.807) is 23.7 Å². The Morgan fingerprint density at radius 1 is 1.20 bits per heavy atom. The lowest BCUT2D eigenvalue weighted by atomic mass is 9.72. The van der Waals surface area contributed by atoms with E-state index in [9.17, 15) is 18.0 Å². The van der Waals surface area contributed by atoms with E-state index in [4.69, 9.17) is 4.74 Å². The molecule has 1 aromatic carbocycles. The van der Waals surface area contributed by atoms with Gasteiger partial charge in [0.2, 0.25) is 0 Å². The number of fused-ring (bicyclic) bond motifs is 1. The summed E-state index contributed by atoms with van der Waals surface area (Å²) in [6, 6.07) is 5.53. The van der Waals surface area contributed by atoms with Gasteiger partial charge >= 0.3 is 0 Å². The Labute approximate surface area is 199 Å². The van der Waals surface area contributed by atoms with Gasteiger partial charge in [0.1, 0.15) is 17.7 Å². The first-order chi connectivity index (χ1) is 16.8. The van der Waals surface area contributed by atoms with Gasteiger partial charge in [0.15, 0.2) is 5.82 Å². The summed E-state index contributed by atoms with van der Waals surface area (Å²) in [5.74, 6) is -0.628. The van der Waals surface area contributed by atoms with Crippen LogP contribution in [0.4, 0.5) is 19.0 Å². The van der Waals surface area contributed by atoms with Crippen molar-refractivity contribution in [1.29, 1.82) is 0 Å². The Bertz CT molecular complexity index is 1280. The first-order valence-electron chi connectivity index (χ1n) is 11.6. The molecule has 8 nitrogen and oxygen atoms in total. The number of ether oxygens (including phenoxy) is 1. The van der Waals surface area contributed by atoms with E-state index in [2.05, 4.69) is 20.3 Å². The summed E-state index contributed by atoms with van der Waals surface area (Å²) >= 11 is 0. The largest absolute Gasteiger partial charge is 0.378 e. The van der Waals surface area contributed by atoms with Crippen LogP contribution in [0.2, 0.25) is 0 Å². The van der Waals surface area contributed by atoms with Crippen molar-refractivity contribution in [2.75, 3.05) is 44.7 Å². The monoisotopic (exact) mass is 486 g/mol. The van der Waals surface area contributed by atoms with Gasteiger partial charge in [-0.25, -0.2) is 22.7 Å². The van der Waals surface area contributed by atoms with Crippen LogP contribution in [-0.4, -0.2) is 75.7 Å². The highest BCUT2D eigenvalue weighted by Crippen LogP contribution is 2.42. The SMILES string of the molecule is C[C@@H](Nc1ncnn2cc(C(=O)N3CC4(C3)CN(C3COC3)C4)cc12)c1cccc(C(F)F)c1F. The van der Waals surface area contributed by atoms with Crippen molar-refractivity contribution in [3.8, 4) is 0 Å². The summed E-state index contributed by atoms with van der Waals surface area (Å²) in [6.45, 7) is 6.74. The average molecular weight is 486 g/mol. The highest BCUT2D eigenvalue weighted by Gasteiger charge is 2.55. The molecule has 1 amide bonds. The van der Waals surface area contributed by atoms with Crippen molar-refractivity contribution in [3.63, 3.8) is 0 Å². The van der Waals surface area contributed by atoms with Crippen molar-refractivity contribution < 1.29 is 22.7 Å². The van der Waals surface area contributed by atoms with Crippen molar-refractivity contribution in [3.05, 3.63) is 59.3 Å². The maximum absolute atomic E-state index is 14.6. The van der Waals surface area contributed by atoms with E-state index in [0.29, 0.717) is 22.9 Å². The molecule has 3 aliphatic rings. The Hall–Kier alpha value is -3.18. The molecule has 3 saturated heterocycles. The fraction of sp³-hybridized carbons (Fsp3) is 0.458. The van der Waals surface area contributed by atoms with Gasteiger partial charge in [-0.05, 0) is 13.0 Å². The number of anilines is 1. The predicted octanol–water partition coefficient (Wildman–Crippen LogP) is 3.14. The lowest BCUT2D eigenvalue weighted by Gasteiger charge is -2.62. The number of carbonyl (C=O) groups is 1. The number of halogens is 3. The van der Waals surface area contributed by atoms with Crippen LogP contribution in [0.5, 0.6) is 0 Å². The average Bonchev–Trinajstić information content (AvgIpc) is 3.18. The molecule has 0 unspecified atom stereocenters. The predicted molar refractivity (Wildman–Crippen MR) is 121 cm³/mol. The summed E-state index contributed by atoms with van der Waals surface area (Å²) in [4.78, 5) is 21.6. The van der Waals surface area contributed by atoms with Crippen LogP contribution in [-0.2, 0) is 4.74 Å². The van der Waals surface area contributed by atoms with E-state index in [-0.39, 0.29) is 16.9 Å². The topological polar surface area (TPSA) is 75.0 Å². The van der Waals surface area contributed by atoms with Crippen LogP contribution in [0.25, 0.3) is 5.52 Å². The number of hydrogen-bond acceptors (Lipinski definition) is 6. The number of amides is 1. The molecule has 3 fully saturated rings. The van der Waals surface area contributed by atoms with Gasteiger partial charge in [-0.2, -0.15) is 5.10 Å². The number of nitrogens with zero attached hydrogens (tertiary/aromatic N) is 5. The number of rotatable bonds is 6. The minimum absolute atomic E-state index is 0.0683. The number of nitrogens with one attached hydrogen (secondary N) is 1. The number of aromatic nitrogens is 3. The zero-order valence-electron chi connectivity index (χ0n) is 19.1. The Balaban J connectivity index is 1.16. The molecule has 3 aromatic rings. The van der Waals surface area contributed by atoms with Gasteiger partial charge in [-0.1, -0.05) is 18.2 Å². The summed E-state index contributed by atoms with van der Waals surface area (Å²) in [7, 11) is 0. The molecule has 35 heavy (non-hydrogen) atoms. The molecule has 6 rings (SSSR count). The third-order valence-electron chi connectivity index (χ3n) is 7.32. The summed E-state index contributed by atoms with van der Waals surface area (Å²) in [5.41, 5.74) is 0.705. The minimum Gasteiger partial charge on any atom is -0.378 e. The molecule has 1 spiro atoms. The van der Waals surface area contributed by atoms with Crippen LogP contribution >= 0.6 is 0 Å². The molecule has 0 bridgehead atoms. The van der Waals surface area contributed by atoms with Crippen LogP contribution in [0.15, 0.2) is 36.8 Å². The molecular formula is C24H25F3N6O2. The first-order valence-corrected chi connectivity index (χ1v) is 11.6. The second kappa shape index (κ2) is 8.20. The minimum atomic E-state index is -2.90. The molecule has 0 aliphatic carbocycles. The molecule has 0 saturated carbocycles. The number of likely N-dealkylation sites (tertiary alicyclic amines) is 2. The number of alkyl halides is 2. The van der Waals surface area contributed by atoms with Crippen molar-refractivity contribution >= 4 is 17.2 Å². The van der Waals surface area contributed by atoms with Crippen LogP contribution in [0.3, 0.4) is 0 Å². The molecule has 11 heteroatoms. The normalized spacial score (nSPS) is 20.5. The Morgan fingerprint density at radius 2 is 1.94 bits per heavy atom. The van der Waals surface area contributed by atoms with Crippen molar-refractivity contribution in [2.45, 2.75) is 25.4 Å². The van der Waals surface area contributed by atoms with Gasteiger partial charge in [0.25, 0.3) is 12.3 Å². The maximum atomic E-state index is 14.6. The standard InChI is InChI=1S/C24H25F3N6O2/c1-14(17-3-2-4-18(20(17)25)21(26)27)30-22-19-5-15(6-33(19)29-13-28-22)23(34)32-11-24(12-32)9-31(10-24)16-7-35-8-16/h2-6,13-14,16,21H,7-12H2,1H3,(H,28,29,30)/t14-/m1/s1. The van der Waals surface area contributed by atoms with Gasteiger partial charge in [0.05, 0.1) is 36.4 Å². The van der Waals surface area contributed by atoms with Gasteiger partial charge in [-0.3, -0.25) is 9.69 Å². The second-order valence-electron chi connectivity index (χ2n) is 9.84. The summed E-state index contributed by atoms with van der Waals surface area (Å²) in [6.07, 6.45) is 0.0771. The van der Waals surface area contributed by atoms with Crippen molar-refractivity contribution in [1.82, 2.24) is 24.4 Å². The maximum Gasteiger partial charge on any atom is 0.266 e. The first kappa shape index (κ1) is 22.3.